The van der Waals surface area contributed by atoms with Crippen LogP contribution in [0.2, 0.25) is 0 Å². The van der Waals surface area contributed by atoms with Crippen molar-refractivity contribution in [2.75, 3.05) is 10.6 Å². The topological polar surface area (TPSA) is 70.2 Å². The number of hydrogen-bond donors (Lipinski definition) is 3. The molecule has 25 heavy (non-hydrogen) atoms. The summed E-state index contributed by atoms with van der Waals surface area (Å²) in [6.07, 6.45) is 1.96. The third-order valence-corrected chi connectivity index (χ3v) is 4.46. The molecule has 4 rings (SSSR count). The van der Waals surface area contributed by atoms with Crippen molar-refractivity contribution in [3.05, 3.63) is 59.2 Å². The Hall–Kier alpha value is -2.37. The number of anilines is 2. The van der Waals surface area contributed by atoms with Crippen molar-refractivity contribution in [1.29, 1.82) is 0 Å². The summed E-state index contributed by atoms with van der Waals surface area (Å²) in [7, 11) is 0. The van der Waals surface area contributed by atoms with E-state index in [1.807, 2.05) is 30.3 Å². The second kappa shape index (κ2) is 7.25. The number of carbonyl (C=O) groups excluding carboxylic acids is 2. The van der Waals surface area contributed by atoms with E-state index >= 15 is 0 Å². The summed E-state index contributed by atoms with van der Waals surface area (Å²) in [4.78, 5) is 24.1. The van der Waals surface area contributed by atoms with Gasteiger partial charge in [0.25, 0.3) is 5.91 Å². The summed E-state index contributed by atoms with van der Waals surface area (Å²) >= 11 is 0. The monoisotopic (exact) mass is 357 g/mol. The molecular weight excluding hydrogens is 338 g/mol. The van der Waals surface area contributed by atoms with Crippen LogP contribution in [0.3, 0.4) is 0 Å². The van der Waals surface area contributed by atoms with Gasteiger partial charge < -0.3 is 16.0 Å². The average Bonchev–Trinajstić information content (AvgIpc) is 3.34. The maximum atomic E-state index is 12.4. The molecule has 0 aromatic heterocycles. The van der Waals surface area contributed by atoms with Gasteiger partial charge in [-0.2, -0.15) is 0 Å². The van der Waals surface area contributed by atoms with Crippen molar-refractivity contribution in [2.45, 2.75) is 25.9 Å². The number of nitrogens with one attached hydrogen (secondary N) is 3. The first kappa shape index (κ1) is 17.5. The predicted molar refractivity (Wildman–Crippen MR) is 100.0 cm³/mol. The lowest BCUT2D eigenvalue weighted by Crippen LogP contribution is -2.14. The molecule has 1 aliphatic carbocycles. The fourth-order valence-corrected chi connectivity index (χ4v) is 2.87. The molecule has 5 nitrogen and oxygen atoms in total. The van der Waals surface area contributed by atoms with Gasteiger partial charge in [-0.05, 0) is 60.4 Å². The first-order chi connectivity index (χ1) is 11.7. The van der Waals surface area contributed by atoms with Crippen LogP contribution in [0.1, 0.15) is 34.3 Å². The number of hydrogen-bond acceptors (Lipinski definition) is 3. The van der Waals surface area contributed by atoms with Crippen LogP contribution in [0.15, 0.2) is 42.5 Å². The third kappa shape index (κ3) is 4.00. The minimum absolute atomic E-state index is 0. The molecule has 0 atom stereocenters. The van der Waals surface area contributed by atoms with Crippen LogP contribution in [0.25, 0.3) is 0 Å². The van der Waals surface area contributed by atoms with Crippen LogP contribution in [-0.4, -0.2) is 11.8 Å². The van der Waals surface area contributed by atoms with Crippen molar-refractivity contribution in [3.63, 3.8) is 0 Å². The lowest BCUT2D eigenvalue weighted by molar-refractivity contribution is -0.117. The van der Waals surface area contributed by atoms with Crippen molar-refractivity contribution in [1.82, 2.24) is 5.32 Å². The lowest BCUT2D eigenvalue weighted by Gasteiger charge is -2.08. The van der Waals surface area contributed by atoms with E-state index in [-0.39, 0.29) is 30.1 Å². The van der Waals surface area contributed by atoms with Crippen molar-refractivity contribution in [3.8, 4) is 0 Å². The maximum absolute atomic E-state index is 12.4. The fraction of sp³-hybridized carbons (Fsp3) is 0.263. The highest BCUT2D eigenvalue weighted by molar-refractivity contribution is 6.04. The van der Waals surface area contributed by atoms with Crippen molar-refractivity contribution < 1.29 is 9.59 Å². The van der Waals surface area contributed by atoms with Crippen LogP contribution in [0.4, 0.5) is 11.4 Å². The standard InChI is InChI=1S/C19H19N3O2.ClH/c23-18(12-1-2-12)21-16-5-7-17(8-6-16)22-19(24)13-3-4-14-10-20-11-15(14)9-13;/h3-9,12,20H,1-2,10-11H2,(H,21,23)(H,22,24);1H. The van der Waals surface area contributed by atoms with Gasteiger partial charge in [0.05, 0.1) is 0 Å². The molecule has 2 amide bonds. The largest absolute Gasteiger partial charge is 0.326 e. The number of amides is 2. The zero-order valence-electron chi connectivity index (χ0n) is 13.7. The molecule has 0 saturated heterocycles. The minimum Gasteiger partial charge on any atom is -0.326 e. The number of halogens is 1. The smallest absolute Gasteiger partial charge is 0.255 e. The SMILES string of the molecule is Cl.O=C(Nc1ccc(NC(=O)C2CC2)cc1)c1ccc2c(c1)CNC2. The fourth-order valence-electron chi connectivity index (χ4n) is 2.87. The summed E-state index contributed by atoms with van der Waals surface area (Å²) in [6.45, 7) is 1.68. The molecule has 0 unspecified atom stereocenters. The van der Waals surface area contributed by atoms with Gasteiger partial charge in [0.2, 0.25) is 5.91 Å². The summed E-state index contributed by atoms with van der Waals surface area (Å²) in [5.41, 5.74) is 4.56. The highest BCUT2D eigenvalue weighted by Crippen LogP contribution is 2.30. The average molecular weight is 358 g/mol. The number of carbonyl (C=O) groups is 2. The highest BCUT2D eigenvalue weighted by Gasteiger charge is 2.29. The second-order valence-electron chi connectivity index (χ2n) is 6.38. The summed E-state index contributed by atoms with van der Waals surface area (Å²) < 4.78 is 0. The van der Waals surface area contributed by atoms with Crippen molar-refractivity contribution in [2.24, 2.45) is 5.92 Å². The molecule has 0 radical (unpaired) electrons. The summed E-state index contributed by atoms with van der Waals surface area (Å²) in [5, 5.41) is 9.05. The Morgan fingerprint density at radius 3 is 2.20 bits per heavy atom. The molecule has 1 aliphatic heterocycles. The molecule has 1 heterocycles. The van der Waals surface area contributed by atoms with Crippen LogP contribution < -0.4 is 16.0 Å². The first-order valence-electron chi connectivity index (χ1n) is 8.24. The molecule has 6 heteroatoms. The van der Waals surface area contributed by atoms with Gasteiger partial charge in [0.1, 0.15) is 0 Å². The van der Waals surface area contributed by atoms with Gasteiger partial charge in [0.15, 0.2) is 0 Å². The van der Waals surface area contributed by atoms with Crippen LogP contribution >= 0.6 is 12.4 Å². The quantitative estimate of drug-likeness (QED) is 0.786. The summed E-state index contributed by atoms with van der Waals surface area (Å²) in [6, 6.07) is 13.0. The van der Waals surface area contributed by atoms with Gasteiger partial charge in [0, 0.05) is 35.9 Å². The van der Waals surface area contributed by atoms with Crippen LogP contribution in [-0.2, 0) is 17.9 Å². The maximum Gasteiger partial charge on any atom is 0.255 e. The Morgan fingerprint density at radius 1 is 0.880 bits per heavy atom. The molecule has 1 saturated carbocycles. The number of fused-ring (bicyclic) bond motifs is 1. The van der Waals surface area contributed by atoms with E-state index in [1.165, 1.54) is 11.1 Å². The Morgan fingerprint density at radius 2 is 1.52 bits per heavy atom. The van der Waals surface area contributed by atoms with E-state index in [9.17, 15) is 9.59 Å². The van der Waals surface area contributed by atoms with E-state index < -0.39 is 0 Å². The summed E-state index contributed by atoms with van der Waals surface area (Å²) in [5.74, 6) is 0.136. The molecule has 130 valence electrons. The normalized spacial score (nSPS) is 15.0. The molecule has 2 aromatic rings. The van der Waals surface area contributed by atoms with Crippen LogP contribution in [0, 0.1) is 5.92 Å². The molecule has 0 spiro atoms. The minimum atomic E-state index is -0.125. The van der Waals surface area contributed by atoms with Gasteiger partial charge in [-0.3, -0.25) is 9.59 Å². The predicted octanol–water partition coefficient (Wildman–Crippen LogP) is 3.31. The molecule has 2 aliphatic rings. The van der Waals surface area contributed by atoms with E-state index in [2.05, 4.69) is 16.0 Å². The molecule has 2 aromatic carbocycles. The van der Waals surface area contributed by atoms with Crippen LogP contribution in [0.5, 0.6) is 0 Å². The van der Waals surface area contributed by atoms with Gasteiger partial charge >= 0.3 is 0 Å². The third-order valence-electron chi connectivity index (χ3n) is 4.46. The Labute approximate surface area is 152 Å². The highest BCUT2D eigenvalue weighted by atomic mass is 35.5. The van der Waals surface area contributed by atoms with E-state index in [1.54, 1.807) is 12.1 Å². The Bertz CT molecular complexity index is 801. The number of benzene rings is 2. The van der Waals surface area contributed by atoms with Gasteiger partial charge in [-0.1, -0.05) is 6.07 Å². The molecule has 0 bridgehead atoms. The molecular formula is C19H20ClN3O2. The number of rotatable bonds is 4. The Kier molecular flexibility index (Phi) is 5.06. The first-order valence-corrected chi connectivity index (χ1v) is 8.24. The van der Waals surface area contributed by atoms with E-state index in [0.717, 1.165) is 31.6 Å². The van der Waals surface area contributed by atoms with E-state index in [4.69, 9.17) is 0 Å². The van der Waals surface area contributed by atoms with E-state index in [0.29, 0.717) is 11.3 Å². The molecule has 3 N–H and O–H groups in total. The zero-order valence-corrected chi connectivity index (χ0v) is 14.5. The Balaban J connectivity index is 0.00000182. The van der Waals surface area contributed by atoms with Gasteiger partial charge in [-0.25, -0.2) is 0 Å². The zero-order chi connectivity index (χ0) is 16.5. The molecule has 1 fully saturated rings. The van der Waals surface area contributed by atoms with Crippen molar-refractivity contribution >= 4 is 35.6 Å². The second-order valence-corrected chi connectivity index (χ2v) is 6.38. The lowest BCUT2D eigenvalue weighted by atomic mass is 10.1. The van der Waals surface area contributed by atoms with Gasteiger partial charge in [-0.15, -0.1) is 12.4 Å².